The molecule has 1 N–H and O–H groups in total. The van der Waals surface area contributed by atoms with Crippen LogP contribution in [0.25, 0.3) is 0 Å². The average Bonchev–Trinajstić information content (AvgIpc) is 1.76. The van der Waals surface area contributed by atoms with E-state index in [-0.39, 0.29) is 0 Å². The number of hydrogen-bond donors (Lipinski definition) is 2. The zero-order chi connectivity index (χ0) is 14.3. The predicted octanol–water partition coefficient (Wildman–Crippen LogP) is 4.39. The molecule has 0 saturated heterocycles. The van der Waals surface area contributed by atoms with Gasteiger partial charge in [-0.2, -0.15) is 0 Å². The molecule has 0 aromatic rings. The van der Waals surface area contributed by atoms with Gasteiger partial charge in [0, 0.05) is 11.2 Å². The molecular formula is C12H32O2S2. The lowest BCUT2D eigenvalue weighted by Gasteiger charge is -1.79. The summed E-state index contributed by atoms with van der Waals surface area (Å²) in [5.74, 6) is 2.50. The maximum Gasteiger partial charge on any atom is 0.130 e. The fraction of sp³-hybridized carbons (Fsp3) is 1.00. The molecule has 0 fully saturated rings. The fourth-order valence-corrected chi connectivity index (χ4v) is 0. The Morgan fingerprint density at radius 2 is 0.750 bits per heavy atom. The highest BCUT2D eigenvalue weighted by molar-refractivity contribution is 8.18. The molecule has 0 rings (SSSR count). The Kier molecular flexibility index (Phi) is 32.7. The van der Waals surface area contributed by atoms with Gasteiger partial charge in [-0.15, -0.1) is 0 Å². The topological polar surface area (TPSA) is 37.3 Å². The van der Waals surface area contributed by atoms with Crippen LogP contribution in [-0.4, -0.2) is 8.76 Å². The molecule has 0 saturated carbocycles. The van der Waals surface area contributed by atoms with E-state index in [0.717, 1.165) is 17.8 Å². The molecule has 0 heterocycles. The van der Waals surface area contributed by atoms with Crippen molar-refractivity contribution in [1.29, 1.82) is 0 Å². The van der Waals surface area contributed by atoms with Crippen LogP contribution in [0.4, 0.5) is 0 Å². The van der Waals surface area contributed by atoms with Crippen molar-refractivity contribution >= 4 is 20.8 Å². The zero-order valence-electron chi connectivity index (χ0n) is 12.4. The first-order valence-corrected chi connectivity index (χ1v) is 7.99. The van der Waals surface area contributed by atoms with Crippen molar-refractivity contribution in [1.82, 2.24) is 0 Å². The molecule has 0 amide bonds. The summed E-state index contributed by atoms with van der Waals surface area (Å²) in [6.07, 6.45) is 0. The quantitative estimate of drug-likeness (QED) is 0.642. The van der Waals surface area contributed by atoms with E-state index in [0.29, 0.717) is 0 Å². The van der Waals surface area contributed by atoms with Gasteiger partial charge in [-0.3, -0.25) is 0 Å². The summed E-state index contributed by atoms with van der Waals surface area (Å²) in [6.45, 7) is 19.5. The second kappa shape index (κ2) is 20.7. The standard InChI is InChI=1S/3C4H10.H2O2S2/c4*1-4(2)3/h3*4H,1-3H3;4H,(H,1,2,3). The Morgan fingerprint density at radius 3 is 0.750 bits per heavy atom. The number of thiol groups is 1. The monoisotopic (exact) mass is 272 g/mol. The molecular weight excluding hydrogens is 240 g/mol. The molecule has 4 heteroatoms. The third kappa shape index (κ3) is 23400. The normalized spacial score (nSPS) is 10.6. The molecule has 0 radical (unpaired) electrons. The van der Waals surface area contributed by atoms with Gasteiger partial charge in [0.05, 0.1) is 0 Å². The van der Waals surface area contributed by atoms with Crippen LogP contribution in [0.3, 0.4) is 0 Å². The Labute approximate surface area is 110 Å². The van der Waals surface area contributed by atoms with Crippen LogP contribution in [0.2, 0.25) is 0 Å². The first-order chi connectivity index (χ1) is 6.93. The van der Waals surface area contributed by atoms with Gasteiger partial charge >= 0.3 is 0 Å². The van der Waals surface area contributed by atoms with E-state index >= 15 is 0 Å². The van der Waals surface area contributed by atoms with Gasteiger partial charge in [0.1, 0.15) is 9.64 Å². The van der Waals surface area contributed by atoms with E-state index in [1.807, 2.05) is 0 Å². The second-order valence-corrected chi connectivity index (χ2v) is 6.85. The minimum Gasteiger partial charge on any atom is -0.308 e. The molecule has 0 bridgehead atoms. The summed E-state index contributed by atoms with van der Waals surface area (Å²) in [6, 6.07) is 0. The molecule has 1 atom stereocenters. The van der Waals surface area contributed by atoms with Crippen molar-refractivity contribution in [2.24, 2.45) is 17.8 Å². The SMILES string of the molecule is CC(C)C.CC(C)C.CC(C)C.O=[SH](O)=S. The molecule has 0 aliphatic rings. The van der Waals surface area contributed by atoms with Crippen LogP contribution < -0.4 is 0 Å². The van der Waals surface area contributed by atoms with Crippen LogP contribution in [0, 0.1) is 17.8 Å². The lowest BCUT2D eigenvalue weighted by molar-refractivity contribution is 0.583. The summed E-state index contributed by atoms with van der Waals surface area (Å²) in [7, 11) is -2.29. The Bertz CT molecular complexity index is 132. The number of hydrogen-bond acceptors (Lipinski definition) is 2. The fourth-order valence-electron chi connectivity index (χ4n) is 0. The van der Waals surface area contributed by atoms with E-state index in [9.17, 15) is 0 Å². The summed E-state index contributed by atoms with van der Waals surface area (Å²) in [5, 5.41) is 0. The summed E-state index contributed by atoms with van der Waals surface area (Å²) >= 11 is 3.69. The third-order valence-corrected chi connectivity index (χ3v) is 0. The minimum atomic E-state index is -2.29. The first kappa shape index (κ1) is 25.2. The molecule has 0 aromatic heterocycles. The van der Waals surface area contributed by atoms with Crippen LogP contribution in [-0.2, 0) is 20.8 Å². The van der Waals surface area contributed by atoms with Gasteiger partial charge in [-0.05, 0) is 17.8 Å². The molecule has 0 aliphatic carbocycles. The van der Waals surface area contributed by atoms with E-state index in [1.165, 1.54) is 0 Å². The smallest absolute Gasteiger partial charge is 0.130 e. The summed E-state index contributed by atoms with van der Waals surface area (Å²) in [4.78, 5) is 0. The average molecular weight is 273 g/mol. The maximum atomic E-state index is 8.96. The van der Waals surface area contributed by atoms with Crippen molar-refractivity contribution in [3.05, 3.63) is 0 Å². The molecule has 0 aromatic carbocycles. The highest BCUT2D eigenvalue weighted by atomic mass is 32.8. The van der Waals surface area contributed by atoms with Crippen LogP contribution in [0.1, 0.15) is 62.3 Å². The van der Waals surface area contributed by atoms with Gasteiger partial charge < -0.3 is 4.55 Å². The molecule has 104 valence electrons. The lowest BCUT2D eigenvalue weighted by Crippen LogP contribution is -1.66. The Morgan fingerprint density at radius 1 is 0.750 bits per heavy atom. The van der Waals surface area contributed by atoms with Crippen LogP contribution in [0.15, 0.2) is 0 Å². The molecule has 0 spiro atoms. The Hall–Kier alpha value is 0.330. The predicted molar refractivity (Wildman–Crippen MR) is 81.1 cm³/mol. The maximum absolute atomic E-state index is 8.96. The van der Waals surface area contributed by atoms with Gasteiger partial charge in [0.15, 0.2) is 0 Å². The lowest BCUT2D eigenvalue weighted by atomic mass is 10.3. The van der Waals surface area contributed by atoms with Crippen molar-refractivity contribution < 1.29 is 8.76 Å². The largest absolute Gasteiger partial charge is 0.308 e. The van der Waals surface area contributed by atoms with Gasteiger partial charge in [-0.25, -0.2) is 4.21 Å². The zero-order valence-corrected chi connectivity index (χ0v) is 14.2. The van der Waals surface area contributed by atoms with Gasteiger partial charge in [0.25, 0.3) is 0 Å². The second-order valence-electron chi connectivity index (χ2n) is 5.43. The van der Waals surface area contributed by atoms with Crippen molar-refractivity contribution in [2.45, 2.75) is 62.3 Å². The van der Waals surface area contributed by atoms with Crippen LogP contribution >= 0.6 is 0 Å². The van der Waals surface area contributed by atoms with Crippen molar-refractivity contribution in [3.8, 4) is 0 Å². The van der Waals surface area contributed by atoms with Crippen molar-refractivity contribution in [3.63, 3.8) is 0 Å². The highest BCUT2D eigenvalue weighted by Crippen LogP contribution is 1.81. The van der Waals surface area contributed by atoms with Crippen LogP contribution in [0.5, 0.6) is 0 Å². The number of rotatable bonds is 0. The van der Waals surface area contributed by atoms with E-state index < -0.39 is 9.64 Å². The molecule has 1 unspecified atom stereocenters. The third-order valence-electron chi connectivity index (χ3n) is 0. The van der Waals surface area contributed by atoms with E-state index in [2.05, 4.69) is 73.5 Å². The molecule has 0 aliphatic heterocycles. The first-order valence-electron chi connectivity index (χ1n) is 5.76. The molecule has 16 heavy (non-hydrogen) atoms. The van der Waals surface area contributed by atoms with Gasteiger partial charge in [-0.1, -0.05) is 62.3 Å². The van der Waals surface area contributed by atoms with Crippen molar-refractivity contribution in [2.75, 3.05) is 0 Å². The summed E-state index contributed by atoms with van der Waals surface area (Å²) < 4.78 is 16.3. The Balaban J connectivity index is -0.0000000600. The van der Waals surface area contributed by atoms with E-state index in [1.54, 1.807) is 0 Å². The molecule has 2 nitrogen and oxygen atoms in total. The highest BCUT2D eigenvalue weighted by Gasteiger charge is 1.68. The summed E-state index contributed by atoms with van der Waals surface area (Å²) in [5.41, 5.74) is 0. The van der Waals surface area contributed by atoms with Gasteiger partial charge in [0.2, 0.25) is 0 Å². The van der Waals surface area contributed by atoms with E-state index in [4.69, 9.17) is 8.76 Å². The minimum absolute atomic E-state index is 0.833.